The molecule has 0 fully saturated rings. The van der Waals surface area contributed by atoms with E-state index in [9.17, 15) is 10.1 Å². The highest BCUT2D eigenvalue weighted by atomic mass is 32.2. The average molecular weight is 374 g/mol. The fourth-order valence-corrected chi connectivity index (χ4v) is 5.51. The third kappa shape index (κ3) is 3.31. The summed E-state index contributed by atoms with van der Waals surface area (Å²) in [5.41, 5.74) is 1.80. The number of nitriles is 1. The molecule has 6 nitrogen and oxygen atoms in total. The summed E-state index contributed by atoms with van der Waals surface area (Å²) < 4.78 is 2.14. The zero-order valence-corrected chi connectivity index (χ0v) is 15.5. The van der Waals surface area contributed by atoms with Gasteiger partial charge in [-0.05, 0) is 37.7 Å². The largest absolute Gasteiger partial charge is 0.316 e. The molecule has 0 saturated carbocycles. The van der Waals surface area contributed by atoms with Gasteiger partial charge in [0.25, 0.3) is 0 Å². The molecule has 0 atom stereocenters. The second-order valence-corrected chi connectivity index (χ2v) is 8.42. The van der Waals surface area contributed by atoms with Crippen LogP contribution in [0.2, 0.25) is 0 Å². The van der Waals surface area contributed by atoms with Gasteiger partial charge in [-0.3, -0.25) is 4.79 Å². The molecule has 2 aromatic rings. The third-order valence-corrected chi connectivity index (χ3v) is 6.87. The monoisotopic (exact) mass is 373 g/mol. The van der Waals surface area contributed by atoms with E-state index in [4.69, 9.17) is 0 Å². The van der Waals surface area contributed by atoms with Crippen molar-refractivity contribution in [2.24, 2.45) is 0 Å². The van der Waals surface area contributed by atoms with Crippen LogP contribution >= 0.6 is 23.1 Å². The molecule has 0 saturated heterocycles. The zero-order valence-electron chi connectivity index (χ0n) is 13.9. The zero-order chi connectivity index (χ0) is 17.2. The number of aryl methyl sites for hydroxylation is 2. The number of thiophene rings is 1. The second-order valence-electron chi connectivity index (χ2n) is 6.37. The van der Waals surface area contributed by atoms with Crippen molar-refractivity contribution in [1.82, 2.24) is 14.8 Å². The van der Waals surface area contributed by atoms with Crippen molar-refractivity contribution in [1.29, 1.82) is 5.26 Å². The van der Waals surface area contributed by atoms with Crippen molar-refractivity contribution < 1.29 is 4.79 Å². The number of hydrogen-bond donors (Lipinski definition) is 1. The van der Waals surface area contributed by atoms with Crippen LogP contribution < -0.4 is 5.32 Å². The van der Waals surface area contributed by atoms with Gasteiger partial charge in [0.1, 0.15) is 16.9 Å². The SMILES string of the molecule is N#Cc1c(NC(=O)CSc2nnc3n2CCCCC3)sc2c1CCC2. The van der Waals surface area contributed by atoms with Gasteiger partial charge in [-0.25, -0.2) is 0 Å². The molecule has 2 aliphatic rings. The number of aromatic nitrogens is 3. The normalized spacial score (nSPS) is 16.0. The number of nitrogens with one attached hydrogen (secondary N) is 1. The number of hydrogen-bond acceptors (Lipinski definition) is 6. The van der Waals surface area contributed by atoms with Gasteiger partial charge in [0.15, 0.2) is 5.16 Å². The molecule has 0 unspecified atom stereocenters. The van der Waals surface area contributed by atoms with Gasteiger partial charge < -0.3 is 9.88 Å². The number of amides is 1. The lowest BCUT2D eigenvalue weighted by molar-refractivity contribution is -0.113. The summed E-state index contributed by atoms with van der Waals surface area (Å²) in [6, 6.07) is 2.26. The molecule has 0 spiro atoms. The molecule has 4 rings (SSSR count). The van der Waals surface area contributed by atoms with Gasteiger partial charge in [0.2, 0.25) is 5.91 Å². The summed E-state index contributed by atoms with van der Waals surface area (Å²) in [6.07, 6.45) is 7.55. The van der Waals surface area contributed by atoms with Gasteiger partial charge in [0, 0.05) is 17.8 Å². The molecule has 1 N–H and O–H groups in total. The predicted octanol–water partition coefficient (Wildman–Crippen LogP) is 3.16. The predicted molar refractivity (Wildman–Crippen MR) is 98.0 cm³/mol. The van der Waals surface area contributed by atoms with Crippen LogP contribution in [0.5, 0.6) is 0 Å². The van der Waals surface area contributed by atoms with Gasteiger partial charge in [-0.15, -0.1) is 21.5 Å². The number of anilines is 1. The van der Waals surface area contributed by atoms with Crippen molar-refractivity contribution >= 4 is 34.0 Å². The molecule has 0 aromatic carbocycles. The van der Waals surface area contributed by atoms with Crippen LogP contribution in [0.25, 0.3) is 0 Å². The summed E-state index contributed by atoms with van der Waals surface area (Å²) >= 11 is 2.98. The molecule has 1 aliphatic carbocycles. The molecule has 25 heavy (non-hydrogen) atoms. The number of rotatable bonds is 4. The lowest BCUT2D eigenvalue weighted by atomic mass is 10.1. The number of carbonyl (C=O) groups is 1. The van der Waals surface area contributed by atoms with Gasteiger partial charge in [-0.2, -0.15) is 5.26 Å². The van der Waals surface area contributed by atoms with E-state index in [0.717, 1.165) is 61.6 Å². The molecule has 1 amide bonds. The highest BCUT2D eigenvalue weighted by Crippen LogP contribution is 2.38. The average Bonchev–Trinajstić information content (AvgIpc) is 3.23. The summed E-state index contributed by atoms with van der Waals surface area (Å²) in [7, 11) is 0. The van der Waals surface area contributed by atoms with E-state index in [-0.39, 0.29) is 11.7 Å². The highest BCUT2D eigenvalue weighted by Gasteiger charge is 2.23. The standard InChI is InChI=1S/C17H19N5OS2/c18-9-12-11-5-4-6-13(11)25-16(12)19-15(23)10-24-17-21-20-14-7-2-1-3-8-22(14)17/h1-8,10H2,(H,19,23). The number of carbonyl (C=O) groups excluding carboxylic acids is 1. The van der Waals surface area contributed by atoms with Gasteiger partial charge in [0.05, 0.1) is 11.3 Å². The number of thioether (sulfide) groups is 1. The Labute approximate surface area is 154 Å². The summed E-state index contributed by atoms with van der Waals surface area (Å²) in [5, 5.41) is 22.4. The van der Waals surface area contributed by atoms with E-state index >= 15 is 0 Å². The Kier molecular flexibility index (Phi) is 4.77. The van der Waals surface area contributed by atoms with Crippen LogP contribution in [0.1, 0.15) is 47.5 Å². The molecule has 3 heterocycles. The molecule has 0 radical (unpaired) electrons. The minimum absolute atomic E-state index is 0.0904. The van der Waals surface area contributed by atoms with Crippen LogP contribution in [0.4, 0.5) is 5.00 Å². The Hall–Kier alpha value is -1.85. The Balaban J connectivity index is 1.41. The minimum Gasteiger partial charge on any atom is -0.316 e. The fraction of sp³-hybridized carbons (Fsp3) is 0.529. The Morgan fingerprint density at radius 2 is 2.16 bits per heavy atom. The molecular weight excluding hydrogens is 354 g/mol. The van der Waals surface area contributed by atoms with E-state index in [2.05, 4.69) is 26.2 Å². The van der Waals surface area contributed by atoms with E-state index in [1.807, 2.05) is 0 Å². The Morgan fingerprint density at radius 3 is 3.04 bits per heavy atom. The Bertz CT molecular complexity index is 848. The van der Waals surface area contributed by atoms with Crippen molar-refractivity contribution in [3.63, 3.8) is 0 Å². The van der Waals surface area contributed by atoms with Crippen LogP contribution in [0.3, 0.4) is 0 Å². The van der Waals surface area contributed by atoms with Crippen LogP contribution in [0.15, 0.2) is 5.16 Å². The maximum absolute atomic E-state index is 12.3. The lowest BCUT2D eigenvalue weighted by Gasteiger charge is -2.07. The maximum Gasteiger partial charge on any atom is 0.235 e. The first-order chi connectivity index (χ1) is 12.3. The van der Waals surface area contributed by atoms with Crippen LogP contribution in [0, 0.1) is 11.3 Å². The Morgan fingerprint density at radius 1 is 1.24 bits per heavy atom. The maximum atomic E-state index is 12.3. The van der Waals surface area contributed by atoms with Gasteiger partial charge in [-0.1, -0.05) is 18.2 Å². The molecule has 0 bridgehead atoms. The van der Waals surface area contributed by atoms with Crippen molar-refractivity contribution in [3.05, 3.63) is 21.8 Å². The van der Waals surface area contributed by atoms with Crippen molar-refractivity contribution in [2.75, 3.05) is 11.1 Å². The van der Waals surface area contributed by atoms with Crippen molar-refractivity contribution in [2.45, 2.75) is 56.6 Å². The molecular formula is C17H19N5OS2. The topological polar surface area (TPSA) is 83.6 Å². The van der Waals surface area contributed by atoms with Gasteiger partial charge >= 0.3 is 0 Å². The minimum atomic E-state index is -0.0904. The first kappa shape index (κ1) is 16.6. The van der Waals surface area contributed by atoms with E-state index < -0.39 is 0 Å². The van der Waals surface area contributed by atoms with E-state index in [0.29, 0.717) is 10.6 Å². The quantitative estimate of drug-likeness (QED) is 0.832. The van der Waals surface area contributed by atoms with E-state index in [1.54, 1.807) is 11.3 Å². The first-order valence-electron chi connectivity index (χ1n) is 8.65. The lowest BCUT2D eigenvalue weighted by Crippen LogP contribution is -2.14. The number of fused-ring (bicyclic) bond motifs is 2. The summed E-state index contributed by atoms with van der Waals surface area (Å²) in [6.45, 7) is 0.933. The fourth-order valence-electron chi connectivity index (χ4n) is 3.47. The van der Waals surface area contributed by atoms with Crippen LogP contribution in [-0.2, 0) is 30.6 Å². The first-order valence-corrected chi connectivity index (χ1v) is 10.5. The smallest absolute Gasteiger partial charge is 0.235 e. The highest BCUT2D eigenvalue weighted by molar-refractivity contribution is 7.99. The molecule has 1 aliphatic heterocycles. The molecule has 2 aromatic heterocycles. The van der Waals surface area contributed by atoms with E-state index in [1.165, 1.54) is 23.1 Å². The molecule has 8 heteroatoms. The van der Waals surface area contributed by atoms with Crippen LogP contribution in [-0.4, -0.2) is 26.4 Å². The summed E-state index contributed by atoms with van der Waals surface area (Å²) in [4.78, 5) is 13.6. The second kappa shape index (κ2) is 7.18. The number of nitrogens with zero attached hydrogens (tertiary/aromatic N) is 4. The van der Waals surface area contributed by atoms with Crippen molar-refractivity contribution in [3.8, 4) is 6.07 Å². The summed E-state index contributed by atoms with van der Waals surface area (Å²) in [5.74, 6) is 1.22. The third-order valence-electron chi connectivity index (χ3n) is 4.69. The molecule has 130 valence electrons.